The topological polar surface area (TPSA) is 48.5 Å². The highest BCUT2D eigenvalue weighted by Crippen LogP contribution is 2.47. The van der Waals surface area contributed by atoms with Crippen molar-refractivity contribution in [3.63, 3.8) is 0 Å². The smallest absolute Gasteiger partial charge is 0.166 e. The van der Waals surface area contributed by atoms with E-state index < -0.39 is 0 Å². The van der Waals surface area contributed by atoms with E-state index in [1.807, 2.05) is 47.7 Å². The Morgan fingerprint density at radius 3 is 1.67 bits per heavy atom. The minimum Gasteiger partial charge on any atom is -0.307 e. The second-order valence-electron chi connectivity index (χ2n) is 16.3. The van der Waals surface area contributed by atoms with Crippen molar-refractivity contribution in [2.24, 2.45) is 0 Å². The molecule has 4 heterocycles. The monoisotopic (exact) mass is 835 g/mol. The third kappa shape index (κ3) is 5.73. The predicted octanol–water partition coefficient (Wildman–Crippen LogP) is 15.1. The molecule has 0 fully saturated rings. The van der Waals surface area contributed by atoms with Gasteiger partial charge < -0.3 is 9.13 Å². The van der Waals surface area contributed by atoms with Gasteiger partial charge in [-0.05, 0) is 71.7 Å². The number of benzene rings is 8. The lowest BCUT2D eigenvalue weighted by molar-refractivity contribution is 1.03. The number of rotatable bonds is 6. The molecule has 0 amide bonds. The van der Waals surface area contributed by atoms with E-state index in [0.29, 0.717) is 17.5 Å². The lowest BCUT2D eigenvalue weighted by atomic mass is 9.94. The van der Waals surface area contributed by atoms with Crippen LogP contribution in [0.1, 0.15) is 11.3 Å². The van der Waals surface area contributed by atoms with Gasteiger partial charge in [-0.3, -0.25) is 0 Å². The minimum atomic E-state index is 0.594. The zero-order valence-electron chi connectivity index (χ0n) is 34.6. The summed E-state index contributed by atoms with van der Waals surface area (Å²) in [5.74, 6) is 1.82. The van der Waals surface area contributed by atoms with E-state index in [4.69, 9.17) is 15.0 Å². The number of aromatic nitrogens is 5. The third-order valence-corrected chi connectivity index (χ3v) is 13.8. The molecule has 0 aliphatic heterocycles. The highest BCUT2D eigenvalue weighted by atomic mass is 32.1. The van der Waals surface area contributed by atoms with E-state index in [1.54, 1.807) is 0 Å². The number of fused-ring (bicyclic) bond motifs is 9. The molecular weight excluding hydrogens is 799 g/mol. The number of hydrogen-bond donors (Lipinski definition) is 0. The molecule has 13 rings (SSSR count). The molecule has 0 spiro atoms. The fraction of sp³-hybridized carbons (Fsp3) is 0.0172. The Bertz CT molecular complexity index is 3760. The van der Waals surface area contributed by atoms with Gasteiger partial charge in [0.05, 0.1) is 39.2 Å². The molecule has 1 aliphatic carbocycles. The first-order valence-electron chi connectivity index (χ1n) is 21.7. The van der Waals surface area contributed by atoms with Gasteiger partial charge in [0.1, 0.15) is 0 Å². The van der Waals surface area contributed by atoms with E-state index in [-0.39, 0.29) is 0 Å². The average molecular weight is 836 g/mol. The molecule has 0 bridgehead atoms. The van der Waals surface area contributed by atoms with Gasteiger partial charge in [-0.2, -0.15) is 0 Å². The molecule has 8 aromatic carbocycles. The van der Waals surface area contributed by atoms with Crippen molar-refractivity contribution < 1.29 is 0 Å². The number of allylic oxidation sites excluding steroid dienone is 3. The summed E-state index contributed by atoms with van der Waals surface area (Å²) in [4.78, 5) is 16.3. The van der Waals surface area contributed by atoms with Gasteiger partial charge in [-0.15, -0.1) is 11.3 Å². The summed E-state index contributed by atoms with van der Waals surface area (Å²) >= 11 is 1.83. The zero-order valence-corrected chi connectivity index (χ0v) is 35.4. The van der Waals surface area contributed by atoms with Crippen molar-refractivity contribution in [2.75, 3.05) is 0 Å². The molecular formula is C58H37N5S. The summed E-state index contributed by atoms with van der Waals surface area (Å²) in [6, 6.07) is 67.2. The van der Waals surface area contributed by atoms with Crippen molar-refractivity contribution in [3.05, 3.63) is 218 Å². The molecule has 6 heteroatoms. The zero-order chi connectivity index (χ0) is 42.1. The average Bonchev–Trinajstić information content (AvgIpc) is 3.93. The molecule has 0 saturated heterocycles. The molecule has 12 aromatic rings. The Morgan fingerprint density at radius 1 is 0.422 bits per heavy atom. The van der Waals surface area contributed by atoms with Crippen molar-refractivity contribution >= 4 is 70.3 Å². The van der Waals surface area contributed by atoms with E-state index in [1.165, 1.54) is 41.9 Å². The normalized spacial score (nSPS) is 12.5. The third-order valence-electron chi connectivity index (χ3n) is 12.7. The Balaban J connectivity index is 1.25. The van der Waals surface area contributed by atoms with Crippen LogP contribution < -0.4 is 0 Å². The van der Waals surface area contributed by atoms with Crippen LogP contribution in [0.15, 0.2) is 206 Å². The van der Waals surface area contributed by atoms with Crippen molar-refractivity contribution in [2.45, 2.75) is 6.42 Å². The lowest BCUT2D eigenvalue weighted by Gasteiger charge is -2.23. The van der Waals surface area contributed by atoms with Crippen molar-refractivity contribution in [1.29, 1.82) is 0 Å². The van der Waals surface area contributed by atoms with Crippen LogP contribution in [-0.4, -0.2) is 24.1 Å². The Hall–Kier alpha value is -8.19. The van der Waals surface area contributed by atoms with Crippen LogP contribution in [0.3, 0.4) is 0 Å². The van der Waals surface area contributed by atoms with Crippen LogP contribution in [0.4, 0.5) is 0 Å². The summed E-state index contributed by atoms with van der Waals surface area (Å²) in [5.41, 5.74) is 12.7. The Labute approximate surface area is 373 Å². The standard InChI is InChI=1S/C58H37N5S/c1-4-18-37(19-5-1)56-59-57(38-20-6-2-7-21-38)61-58(60-56)54-40(39-32-35-53-46(36-39)45-26-13-17-31-52(45)64-53)33-34-51(62-47-27-9-3-8-22-41(47)42-23-10-14-28-48(42)62)55(54)63-49-29-15-11-24-43(49)44-25-12-16-30-50(44)63/h1-21,23-36H,22H2. The van der Waals surface area contributed by atoms with Gasteiger partial charge in [0.25, 0.3) is 0 Å². The fourth-order valence-corrected chi connectivity index (χ4v) is 10.9. The molecule has 0 radical (unpaired) electrons. The Morgan fingerprint density at radius 2 is 0.984 bits per heavy atom. The lowest BCUT2D eigenvalue weighted by Crippen LogP contribution is -2.10. The molecule has 0 saturated carbocycles. The molecule has 300 valence electrons. The van der Waals surface area contributed by atoms with E-state index in [0.717, 1.165) is 67.9 Å². The Kier molecular flexibility index (Phi) is 8.39. The van der Waals surface area contributed by atoms with E-state index in [2.05, 4.69) is 185 Å². The molecule has 64 heavy (non-hydrogen) atoms. The maximum absolute atomic E-state index is 5.54. The van der Waals surface area contributed by atoms with Crippen LogP contribution in [-0.2, 0) is 6.42 Å². The van der Waals surface area contributed by atoms with Crippen LogP contribution in [0.2, 0.25) is 0 Å². The van der Waals surface area contributed by atoms with Crippen LogP contribution in [0, 0.1) is 0 Å². The number of hydrogen-bond acceptors (Lipinski definition) is 4. The second kappa shape index (κ2) is 14.7. The van der Waals surface area contributed by atoms with Gasteiger partial charge in [-0.25, -0.2) is 15.0 Å². The predicted molar refractivity (Wildman–Crippen MR) is 268 cm³/mol. The first-order chi connectivity index (χ1) is 31.8. The highest BCUT2D eigenvalue weighted by Gasteiger charge is 2.28. The first-order valence-corrected chi connectivity index (χ1v) is 22.5. The van der Waals surface area contributed by atoms with Crippen molar-refractivity contribution in [3.8, 4) is 56.7 Å². The summed E-state index contributed by atoms with van der Waals surface area (Å²) in [6.45, 7) is 0. The maximum Gasteiger partial charge on any atom is 0.166 e. The van der Waals surface area contributed by atoms with Crippen LogP contribution in [0.25, 0.3) is 116 Å². The van der Waals surface area contributed by atoms with E-state index in [9.17, 15) is 0 Å². The largest absolute Gasteiger partial charge is 0.307 e. The molecule has 0 atom stereocenters. The fourth-order valence-electron chi connectivity index (χ4n) is 9.82. The summed E-state index contributed by atoms with van der Waals surface area (Å²) in [5, 5.41) is 6.08. The molecule has 1 aliphatic rings. The summed E-state index contributed by atoms with van der Waals surface area (Å²) < 4.78 is 7.46. The molecule has 0 N–H and O–H groups in total. The quantitative estimate of drug-likeness (QED) is 0.168. The number of para-hydroxylation sites is 3. The highest BCUT2D eigenvalue weighted by molar-refractivity contribution is 7.25. The molecule has 4 aromatic heterocycles. The first kappa shape index (κ1) is 36.5. The van der Waals surface area contributed by atoms with E-state index >= 15 is 0 Å². The SMILES string of the molecule is C1=CCc2c(n(-c3ccc(-c4ccc5sc6ccccc6c5c4)c(-c4nc(-c5ccccc5)nc(-c5ccccc5)n4)c3-n3c4ccccc4c4ccccc43)c3ccccc23)C=C1. The summed E-state index contributed by atoms with van der Waals surface area (Å²) in [6.07, 6.45) is 9.68. The van der Waals surface area contributed by atoms with Crippen LogP contribution >= 0.6 is 11.3 Å². The maximum atomic E-state index is 5.54. The van der Waals surface area contributed by atoms with Gasteiger partial charge in [-0.1, -0.05) is 164 Å². The molecule has 0 unspecified atom stereocenters. The molecule has 5 nitrogen and oxygen atoms in total. The van der Waals surface area contributed by atoms with Crippen LogP contribution in [0.5, 0.6) is 0 Å². The van der Waals surface area contributed by atoms with Gasteiger partial charge in [0.15, 0.2) is 17.5 Å². The minimum absolute atomic E-state index is 0.594. The van der Waals surface area contributed by atoms with Crippen molar-refractivity contribution in [1.82, 2.24) is 24.1 Å². The van der Waals surface area contributed by atoms with Gasteiger partial charge in [0.2, 0.25) is 0 Å². The number of nitrogens with zero attached hydrogens (tertiary/aromatic N) is 5. The summed E-state index contributed by atoms with van der Waals surface area (Å²) in [7, 11) is 0. The van der Waals surface area contributed by atoms with Gasteiger partial charge in [0, 0.05) is 47.5 Å². The van der Waals surface area contributed by atoms with Gasteiger partial charge >= 0.3 is 0 Å². The second-order valence-corrected chi connectivity index (χ2v) is 17.4. The number of thiophene rings is 1.